The molecule has 0 spiro atoms. The summed E-state index contributed by atoms with van der Waals surface area (Å²) in [5.74, 6) is 0. The summed E-state index contributed by atoms with van der Waals surface area (Å²) < 4.78 is 5.40. The number of ether oxygens (including phenoxy) is 1. The van der Waals surface area contributed by atoms with E-state index in [0.717, 1.165) is 38.5 Å². The number of hydrogen-bond acceptors (Lipinski definition) is 3. The summed E-state index contributed by atoms with van der Waals surface area (Å²) in [4.78, 5) is 11.6. The van der Waals surface area contributed by atoms with Gasteiger partial charge in [0, 0.05) is 12.1 Å². The Hall–Kier alpha value is -0.770. The molecule has 0 aromatic carbocycles. The highest BCUT2D eigenvalue weighted by Crippen LogP contribution is 2.21. The zero-order chi connectivity index (χ0) is 11.4. The minimum absolute atomic E-state index is 0.0844. The van der Waals surface area contributed by atoms with Gasteiger partial charge in [-0.3, -0.25) is 0 Å². The molecule has 2 aliphatic rings. The van der Waals surface area contributed by atoms with E-state index in [-0.39, 0.29) is 12.2 Å². The first-order valence-corrected chi connectivity index (χ1v) is 6.47. The molecule has 3 N–H and O–H groups in total. The lowest BCUT2D eigenvalue weighted by atomic mass is 9.94. The molecule has 0 heterocycles. The summed E-state index contributed by atoms with van der Waals surface area (Å²) in [5.41, 5.74) is 5.80. The van der Waals surface area contributed by atoms with Gasteiger partial charge in [-0.05, 0) is 38.5 Å². The van der Waals surface area contributed by atoms with Crippen LogP contribution in [0.3, 0.4) is 0 Å². The van der Waals surface area contributed by atoms with Crippen molar-refractivity contribution in [3.8, 4) is 0 Å². The molecule has 1 amide bonds. The first kappa shape index (κ1) is 11.7. The van der Waals surface area contributed by atoms with E-state index in [1.807, 2.05) is 0 Å². The highest BCUT2D eigenvalue weighted by Gasteiger charge is 2.23. The van der Waals surface area contributed by atoms with Gasteiger partial charge in [-0.1, -0.05) is 12.8 Å². The normalized spacial score (nSPS) is 31.3. The lowest BCUT2D eigenvalue weighted by Gasteiger charge is -2.26. The fourth-order valence-electron chi connectivity index (χ4n) is 2.63. The van der Waals surface area contributed by atoms with Crippen LogP contribution in [0.1, 0.15) is 51.4 Å². The van der Waals surface area contributed by atoms with Crippen LogP contribution in [0.25, 0.3) is 0 Å². The van der Waals surface area contributed by atoms with Gasteiger partial charge in [-0.2, -0.15) is 0 Å². The highest BCUT2D eigenvalue weighted by atomic mass is 16.6. The molecule has 2 rings (SSSR count). The summed E-state index contributed by atoms with van der Waals surface area (Å²) in [6.07, 6.45) is 8.29. The average molecular weight is 226 g/mol. The molecule has 4 nitrogen and oxygen atoms in total. The molecule has 2 aliphatic carbocycles. The SMILES string of the molecule is NC1CCC(OC(=O)NC2CCCC2)CC1. The number of rotatable bonds is 2. The molecule has 0 radical (unpaired) electrons. The maximum Gasteiger partial charge on any atom is 0.407 e. The van der Waals surface area contributed by atoms with Crippen LogP contribution in [-0.2, 0) is 4.74 Å². The Labute approximate surface area is 96.9 Å². The number of carbonyl (C=O) groups is 1. The summed E-state index contributed by atoms with van der Waals surface area (Å²) >= 11 is 0. The third-order valence-electron chi connectivity index (χ3n) is 3.67. The van der Waals surface area contributed by atoms with Crippen molar-refractivity contribution in [3.05, 3.63) is 0 Å². The molecule has 4 heteroatoms. The van der Waals surface area contributed by atoms with Crippen LogP contribution < -0.4 is 11.1 Å². The lowest BCUT2D eigenvalue weighted by Crippen LogP contribution is -2.38. The number of alkyl carbamates (subject to hydrolysis) is 1. The van der Waals surface area contributed by atoms with Crippen molar-refractivity contribution in [1.82, 2.24) is 5.32 Å². The highest BCUT2D eigenvalue weighted by molar-refractivity contribution is 5.67. The Balaban J connectivity index is 1.66. The van der Waals surface area contributed by atoms with Crippen molar-refractivity contribution in [3.63, 3.8) is 0 Å². The molecule has 2 saturated carbocycles. The van der Waals surface area contributed by atoms with Crippen molar-refractivity contribution >= 4 is 6.09 Å². The summed E-state index contributed by atoms with van der Waals surface area (Å²) in [6.45, 7) is 0. The summed E-state index contributed by atoms with van der Waals surface area (Å²) in [6, 6.07) is 0.649. The lowest BCUT2D eigenvalue weighted by molar-refractivity contribution is 0.0696. The Morgan fingerprint density at radius 3 is 2.31 bits per heavy atom. The maximum absolute atomic E-state index is 11.6. The van der Waals surface area contributed by atoms with Crippen molar-refractivity contribution in [1.29, 1.82) is 0 Å². The van der Waals surface area contributed by atoms with Crippen molar-refractivity contribution in [2.45, 2.75) is 69.6 Å². The third-order valence-corrected chi connectivity index (χ3v) is 3.67. The molecule has 0 aliphatic heterocycles. The fraction of sp³-hybridized carbons (Fsp3) is 0.917. The molecule has 0 aromatic rings. The first-order chi connectivity index (χ1) is 7.74. The van der Waals surface area contributed by atoms with Gasteiger partial charge in [0.2, 0.25) is 0 Å². The number of nitrogens with one attached hydrogen (secondary N) is 1. The molecular formula is C12H22N2O2. The second-order valence-corrected chi connectivity index (χ2v) is 5.07. The van der Waals surface area contributed by atoms with Crippen molar-refractivity contribution in [2.75, 3.05) is 0 Å². The van der Waals surface area contributed by atoms with Crippen LogP contribution in [0.2, 0.25) is 0 Å². The molecule has 0 bridgehead atoms. The van der Waals surface area contributed by atoms with E-state index >= 15 is 0 Å². The van der Waals surface area contributed by atoms with Gasteiger partial charge in [0.15, 0.2) is 0 Å². The summed E-state index contributed by atoms with van der Waals surface area (Å²) in [5, 5.41) is 2.94. The van der Waals surface area contributed by atoms with Gasteiger partial charge in [-0.15, -0.1) is 0 Å². The third kappa shape index (κ3) is 3.37. The van der Waals surface area contributed by atoms with Gasteiger partial charge >= 0.3 is 6.09 Å². The van der Waals surface area contributed by atoms with E-state index in [1.165, 1.54) is 12.8 Å². The Kier molecular flexibility index (Phi) is 4.04. The fourth-order valence-corrected chi connectivity index (χ4v) is 2.63. The number of hydrogen-bond donors (Lipinski definition) is 2. The van der Waals surface area contributed by atoms with Crippen molar-refractivity contribution < 1.29 is 9.53 Å². The average Bonchev–Trinajstić information content (AvgIpc) is 2.74. The van der Waals surface area contributed by atoms with Crippen LogP contribution in [-0.4, -0.2) is 24.3 Å². The molecule has 0 saturated heterocycles. The van der Waals surface area contributed by atoms with Crippen LogP contribution in [0, 0.1) is 0 Å². The van der Waals surface area contributed by atoms with E-state index in [4.69, 9.17) is 10.5 Å². The molecule has 16 heavy (non-hydrogen) atoms. The minimum Gasteiger partial charge on any atom is -0.446 e. The van der Waals surface area contributed by atoms with Crippen LogP contribution in [0.5, 0.6) is 0 Å². The molecule has 2 fully saturated rings. The minimum atomic E-state index is -0.229. The van der Waals surface area contributed by atoms with Gasteiger partial charge in [0.05, 0.1) is 0 Å². The Morgan fingerprint density at radius 2 is 1.69 bits per heavy atom. The molecule has 92 valence electrons. The van der Waals surface area contributed by atoms with Crippen molar-refractivity contribution in [2.24, 2.45) is 5.73 Å². The van der Waals surface area contributed by atoms with E-state index in [1.54, 1.807) is 0 Å². The van der Waals surface area contributed by atoms with Gasteiger partial charge in [0.25, 0.3) is 0 Å². The smallest absolute Gasteiger partial charge is 0.407 e. The largest absolute Gasteiger partial charge is 0.446 e. The van der Waals surface area contributed by atoms with Gasteiger partial charge in [0.1, 0.15) is 6.10 Å². The molecule has 0 unspecified atom stereocenters. The predicted molar refractivity (Wildman–Crippen MR) is 62.1 cm³/mol. The standard InChI is InChI=1S/C12H22N2O2/c13-9-5-7-11(8-6-9)16-12(15)14-10-3-1-2-4-10/h9-11H,1-8,13H2,(H,14,15). The van der Waals surface area contributed by atoms with E-state index in [9.17, 15) is 4.79 Å². The zero-order valence-electron chi connectivity index (χ0n) is 9.78. The van der Waals surface area contributed by atoms with E-state index in [0.29, 0.717) is 12.1 Å². The van der Waals surface area contributed by atoms with Crippen LogP contribution in [0.15, 0.2) is 0 Å². The Morgan fingerprint density at radius 1 is 1.06 bits per heavy atom. The zero-order valence-corrected chi connectivity index (χ0v) is 9.78. The Bertz CT molecular complexity index is 231. The number of nitrogens with two attached hydrogens (primary N) is 1. The second-order valence-electron chi connectivity index (χ2n) is 5.07. The van der Waals surface area contributed by atoms with E-state index in [2.05, 4.69) is 5.32 Å². The van der Waals surface area contributed by atoms with Gasteiger partial charge < -0.3 is 15.8 Å². The molecule has 0 atom stereocenters. The second kappa shape index (κ2) is 5.53. The molecular weight excluding hydrogens is 204 g/mol. The maximum atomic E-state index is 11.6. The van der Waals surface area contributed by atoms with Gasteiger partial charge in [-0.25, -0.2) is 4.79 Å². The predicted octanol–water partition coefficient (Wildman–Crippen LogP) is 1.93. The van der Waals surface area contributed by atoms with E-state index < -0.39 is 0 Å². The van der Waals surface area contributed by atoms with Crippen LogP contribution in [0.4, 0.5) is 4.79 Å². The van der Waals surface area contributed by atoms with Crippen LogP contribution >= 0.6 is 0 Å². The quantitative estimate of drug-likeness (QED) is 0.756. The summed E-state index contributed by atoms with van der Waals surface area (Å²) in [7, 11) is 0. The first-order valence-electron chi connectivity index (χ1n) is 6.47. The molecule has 0 aromatic heterocycles. The monoisotopic (exact) mass is 226 g/mol. The number of carbonyl (C=O) groups excluding carboxylic acids is 1. The topological polar surface area (TPSA) is 64.3 Å². The number of amides is 1.